The molecule has 0 atom stereocenters. The molecule has 0 bridgehead atoms. The van der Waals surface area contributed by atoms with Gasteiger partial charge in [0, 0.05) is 5.56 Å². The molecule has 0 aromatic heterocycles. The first-order chi connectivity index (χ1) is 14.7. The third-order valence-corrected chi connectivity index (χ3v) is 5.85. The average molecular weight is 435 g/mol. The van der Waals surface area contributed by atoms with Crippen LogP contribution < -0.4 is 4.74 Å². The Balaban J connectivity index is 2.61. The van der Waals surface area contributed by atoms with Gasteiger partial charge in [-0.05, 0) is 102 Å². The van der Waals surface area contributed by atoms with Gasteiger partial charge in [-0.2, -0.15) is 8.78 Å². The van der Waals surface area contributed by atoms with Crippen LogP contribution in [0.15, 0.2) is 35.5 Å². The highest BCUT2D eigenvalue weighted by Gasteiger charge is 2.17. The summed E-state index contributed by atoms with van der Waals surface area (Å²) in [4.78, 5) is 0. The molecular weight excluding hydrogens is 394 g/mol. The molecule has 0 aliphatic heterocycles. The summed E-state index contributed by atoms with van der Waals surface area (Å²) in [6.45, 7) is 12.8. The molecule has 2 nitrogen and oxygen atoms in total. The van der Waals surface area contributed by atoms with E-state index in [0.717, 1.165) is 78.2 Å². The van der Waals surface area contributed by atoms with E-state index in [0.29, 0.717) is 25.2 Å². The Bertz CT molecular complexity index is 800. The number of hydrogen-bond donors (Lipinski definition) is 1. The lowest BCUT2D eigenvalue weighted by atomic mass is 9.94. The summed E-state index contributed by atoms with van der Waals surface area (Å²) in [5, 5.41) is 10.4. The fraction of sp³-hybridized carbons (Fsp3) is 0.556. The number of rotatable bonds is 13. The second-order valence-electron chi connectivity index (χ2n) is 8.44. The van der Waals surface area contributed by atoms with Gasteiger partial charge in [0.1, 0.15) is 11.5 Å². The van der Waals surface area contributed by atoms with Crippen molar-refractivity contribution in [3.8, 4) is 11.5 Å². The van der Waals surface area contributed by atoms with Crippen LogP contribution in [0.2, 0.25) is 0 Å². The van der Waals surface area contributed by atoms with E-state index in [1.807, 2.05) is 27.7 Å². The lowest BCUT2D eigenvalue weighted by Crippen LogP contribution is -2.05. The Labute approximate surface area is 187 Å². The van der Waals surface area contributed by atoms with Crippen LogP contribution in [0, 0.1) is 20.8 Å². The molecular formula is C27H40F2O2. The predicted molar refractivity (Wildman–Crippen MR) is 127 cm³/mol. The molecule has 0 saturated heterocycles. The van der Waals surface area contributed by atoms with Crippen LogP contribution >= 0.6 is 0 Å². The third kappa shape index (κ3) is 9.28. The normalized spacial score (nSPS) is 12.3. The molecule has 0 heterocycles. The zero-order valence-electron chi connectivity index (χ0n) is 20.2. The molecule has 1 N–H and O–H groups in total. The van der Waals surface area contributed by atoms with Crippen LogP contribution in [-0.4, -0.2) is 11.7 Å². The number of benzene rings is 1. The number of hydrogen-bond acceptors (Lipinski definition) is 2. The van der Waals surface area contributed by atoms with E-state index in [9.17, 15) is 13.9 Å². The van der Waals surface area contributed by atoms with Gasteiger partial charge < -0.3 is 9.84 Å². The SMILES string of the molecule is CCCCc1c(C)c(O)c(C)c(C)c1OCC/C=C(\C)CC/C=C(\C)CCC=C(F)F. The minimum atomic E-state index is -1.60. The van der Waals surface area contributed by atoms with Gasteiger partial charge >= 0.3 is 0 Å². The van der Waals surface area contributed by atoms with Crippen LogP contribution in [0.1, 0.15) is 88.0 Å². The van der Waals surface area contributed by atoms with Gasteiger partial charge in [-0.3, -0.25) is 0 Å². The summed E-state index contributed by atoms with van der Waals surface area (Å²) in [5.41, 5.74) is 6.45. The Hall–Kier alpha value is -2.10. The molecule has 0 radical (unpaired) electrons. The number of aromatic hydroxyl groups is 1. The first kappa shape index (κ1) is 26.9. The largest absolute Gasteiger partial charge is 0.507 e. The van der Waals surface area contributed by atoms with Crippen molar-refractivity contribution in [1.29, 1.82) is 0 Å². The van der Waals surface area contributed by atoms with Crippen molar-refractivity contribution >= 4 is 0 Å². The van der Waals surface area contributed by atoms with Gasteiger partial charge in [-0.15, -0.1) is 0 Å². The van der Waals surface area contributed by atoms with Gasteiger partial charge in [-0.25, -0.2) is 0 Å². The monoisotopic (exact) mass is 434 g/mol. The lowest BCUT2D eigenvalue weighted by Gasteiger charge is -2.20. The molecule has 0 spiro atoms. The zero-order chi connectivity index (χ0) is 23.4. The molecule has 31 heavy (non-hydrogen) atoms. The summed E-state index contributed by atoms with van der Waals surface area (Å²) in [6, 6.07) is 0. The highest BCUT2D eigenvalue weighted by Crippen LogP contribution is 2.38. The second kappa shape index (κ2) is 14.1. The number of ether oxygens (including phenoxy) is 1. The molecule has 0 aliphatic rings. The summed E-state index contributed by atoms with van der Waals surface area (Å²) in [6.07, 6.45) is 10.6. The quantitative estimate of drug-likeness (QED) is 0.248. The van der Waals surface area contributed by atoms with E-state index in [1.54, 1.807) is 0 Å². The maximum absolute atomic E-state index is 12.1. The van der Waals surface area contributed by atoms with Gasteiger partial charge in [-0.1, -0.05) is 36.6 Å². The van der Waals surface area contributed by atoms with E-state index in [2.05, 4.69) is 26.0 Å². The van der Waals surface area contributed by atoms with Crippen molar-refractivity contribution in [2.75, 3.05) is 6.61 Å². The van der Waals surface area contributed by atoms with E-state index >= 15 is 0 Å². The van der Waals surface area contributed by atoms with Crippen molar-refractivity contribution in [2.45, 2.75) is 92.9 Å². The van der Waals surface area contributed by atoms with Crippen molar-refractivity contribution in [3.05, 3.63) is 57.7 Å². The number of phenols is 1. The Kier molecular flexibility index (Phi) is 12.2. The summed E-state index contributed by atoms with van der Waals surface area (Å²) in [5.74, 6) is 1.32. The van der Waals surface area contributed by atoms with Gasteiger partial charge in [0.25, 0.3) is 6.08 Å². The smallest absolute Gasteiger partial charge is 0.266 e. The first-order valence-electron chi connectivity index (χ1n) is 11.5. The number of allylic oxidation sites excluding steroid dienone is 4. The maximum atomic E-state index is 12.1. The third-order valence-electron chi connectivity index (χ3n) is 5.85. The highest BCUT2D eigenvalue weighted by atomic mass is 19.3. The van der Waals surface area contributed by atoms with Gasteiger partial charge in [0.05, 0.1) is 6.61 Å². The van der Waals surface area contributed by atoms with Gasteiger partial charge in [0.15, 0.2) is 0 Å². The van der Waals surface area contributed by atoms with Crippen LogP contribution in [0.3, 0.4) is 0 Å². The minimum Gasteiger partial charge on any atom is -0.507 e. The van der Waals surface area contributed by atoms with Crippen LogP contribution in [0.25, 0.3) is 0 Å². The van der Waals surface area contributed by atoms with Crippen molar-refractivity contribution in [3.63, 3.8) is 0 Å². The van der Waals surface area contributed by atoms with Crippen molar-refractivity contribution in [2.24, 2.45) is 0 Å². The van der Waals surface area contributed by atoms with Gasteiger partial charge in [0.2, 0.25) is 0 Å². The van der Waals surface area contributed by atoms with E-state index in [4.69, 9.17) is 4.74 Å². The van der Waals surface area contributed by atoms with Crippen LogP contribution in [0.5, 0.6) is 11.5 Å². The van der Waals surface area contributed by atoms with Crippen LogP contribution in [0.4, 0.5) is 8.78 Å². The molecule has 174 valence electrons. The Morgan fingerprint density at radius 3 is 2.03 bits per heavy atom. The standard InChI is InChI=1S/C27H40F2O2/c1-7-8-16-24-23(6)26(30)21(4)22(5)27(24)31-18-11-15-20(3)13-9-12-19(2)14-10-17-25(28)29/h12,15,17,30H,7-11,13-14,16,18H2,1-6H3/b19-12+,20-15+. The fourth-order valence-corrected chi connectivity index (χ4v) is 3.64. The molecule has 1 aromatic carbocycles. The molecule has 4 heteroatoms. The summed E-state index contributed by atoms with van der Waals surface area (Å²) in [7, 11) is 0. The predicted octanol–water partition coefficient (Wildman–Crippen LogP) is 8.66. The highest BCUT2D eigenvalue weighted by molar-refractivity contribution is 5.57. The minimum absolute atomic E-state index is 0.390. The number of halogens is 2. The van der Waals surface area contributed by atoms with E-state index < -0.39 is 6.08 Å². The summed E-state index contributed by atoms with van der Waals surface area (Å²) >= 11 is 0. The molecule has 0 saturated carbocycles. The lowest BCUT2D eigenvalue weighted by molar-refractivity contribution is 0.317. The number of phenolic OH excluding ortho intramolecular Hbond substituents is 1. The molecule has 0 unspecified atom stereocenters. The second-order valence-corrected chi connectivity index (χ2v) is 8.44. The number of unbranched alkanes of at least 4 members (excludes halogenated alkanes) is 1. The fourth-order valence-electron chi connectivity index (χ4n) is 3.64. The maximum Gasteiger partial charge on any atom is 0.266 e. The Morgan fingerprint density at radius 1 is 0.871 bits per heavy atom. The average Bonchev–Trinajstić information content (AvgIpc) is 2.72. The molecule has 0 aliphatic carbocycles. The molecule has 1 rings (SSSR count). The van der Waals surface area contributed by atoms with Crippen molar-refractivity contribution < 1.29 is 18.6 Å². The van der Waals surface area contributed by atoms with Crippen molar-refractivity contribution in [1.82, 2.24) is 0 Å². The summed E-state index contributed by atoms with van der Waals surface area (Å²) < 4.78 is 30.3. The van der Waals surface area contributed by atoms with E-state index in [1.165, 1.54) is 5.57 Å². The van der Waals surface area contributed by atoms with E-state index in [-0.39, 0.29) is 0 Å². The molecule has 1 aromatic rings. The zero-order valence-corrected chi connectivity index (χ0v) is 20.2. The molecule has 0 amide bonds. The Morgan fingerprint density at radius 2 is 1.45 bits per heavy atom. The first-order valence-corrected chi connectivity index (χ1v) is 11.5. The van der Waals surface area contributed by atoms with Crippen LogP contribution in [-0.2, 0) is 6.42 Å². The molecule has 0 fully saturated rings. The topological polar surface area (TPSA) is 29.5 Å².